The summed E-state index contributed by atoms with van der Waals surface area (Å²) in [6, 6.07) is 84.6. The highest BCUT2D eigenvalue weighted by atomic mass is 14.9. The zero-order chi connectivity index (χ0) is 45.4. The molecule has 1 aromatic heterocycles. The van der Waals surface area contributed by atoms with Gasteiger partial charge in [0.1, 0.15) is 0 Å². The molecule has 0 radical (unpaired) electrons. The smallest absolute Gasteiger partial charge is 0.160 e. The van der Waals surface area contributed by atoms with Gasteiger partial charge in [0, 0.05) is 16.7 Å². The average Bonchev–Trinajstić information content (AvgIpc) is 3.84. The number of hydrogen-bond donors (Lipinski definition) is 0. The van der Waals surface area contributed by atoms with Crippen LogP contribution in [0.2, 0.25) is 0 Å². The van der Waals surface area contributed by atoms with E-state index >= 15 is 0 Å². The number of allylic oxidation sites excluding steroid dienone is 4. The monoisotopic (exact) mass is 866 g/mol. The second kappa shape index (κ2) is 15.6. The van der Waals surface area contributed by atoms with Gasteiger partial charge in [-0.3, -0.25) is 0 Å². The molecule has 0 fully saturated rings. The van der Waals surface area contributed by atoms with Gasteiger partial charge in [0.15, 0.2) is 5.82 Å². The van der Waals surface area contributed by atoms with Crippen LogP contribution >= 0.6 is 0 Å². The molecular weight excluding hydrogens is 821 g/mol. The first-order chi connectivity index (χ1) is 33.6. The van der Waals surface area contributed by atoms with Crippen molar-refractivity contribution >= 4 is 5.57 Å². The summed E-state index contributed by atoms with van der Waals surface area (Å²) in [5.41, 5.74) is 24.5. The number of benzene rings is 9. The molecule has 10 aromatic rings. The fourth-order valence-corrected chi connectivity index (χ4v) is 12.1. The van der Waals surface area contributed by atoms with Crippen molar-refractivity contribution in [2.45, 2.75) is 24.7 Å². The van der Waals surface area contributed by atoms with Gasteiger partial charge < -0.3 is 0 Å². The predicted molar refractivity (Wildman–Crippen MR) is 280 cm³/mol. The second-order valence-corrected chi connectivity index (χ2v) is 18.3. The van der Waals surface area contributed by atoms with Gasteiger partial charge in [-0.05, 0) is 115 Å². The van der Waals surface area contributed by atoms with Crippen LogP contribution in [0.25, 0.3) is 72.9 Å². The predicted octanol–water partition coefficient (Wildman–Crippen LogP) is 16.2. The fourth-order valence-electron chi connectivity index (χ4n) is 12.1. The SMILES string of the molecule is C/C=C\C1=C(C)C2(c3ccccc31)c1ccccc1C1(c3ccccc3-c3ccccc31)c1cc(-c3ccc(-c4cc(-c5ccccc5)nc(-c5ccc(-c6ccccc6)cc5)n4)cc3)ccc12. The molecule has 320 valence electrons. The molecule has 1 atom stereocenters. The van der Waals surface area contributed by atoms with Crippen LogP contribution in [-0.4, -0.2) is 9.97 Å². The van der Waals surface area contributed by atoms with Crippen LogP contribution in [0.15, 0.2) is 248 Å². The Hall–Kier alpha value is -8.46. The van der Waals surface area contributed by atoms with Gasteiger partial charge in [0.25, 0.3) is 0 Å². The van der Waals surface area contributed by atoms with E-state index in [2.05, 4.69) is 244 Å². The van der Waals surface area contributed by atoms with E-state index in [1.807, 2.05) is 12.1 Å². The van der Waals surface area contributed by atoms with Crippen LogP contribution in [0.1, 0.15) is 58.4 Å². The molecule has 68 heavy (non-hydrogen) atoms. The van der Waals surface area contributed by atoms with E-state index in [0.717, 1.165) is 39.2 Å². The fraction of sp³-hybridized carbons (Fsp3) is 0.0606. The summed E-state index contributed by atoms with van der Waals surface area (Å²) in [6.45, 7) is 4.50. The quantitative estimate of drug-likeness (QED) is 0.166. The summed E-state index contributed by atoms with van der Waals surface area (Å²) in [5.74, 6) is 0.701. The number of nitrogens with zero attached hydrogens (tertiary/aromatic N) is 2. The highest BCUT2D eigenvalue weighted by molar-refractivity contribution is 5.95. The third-order valence-electron chi connectivity index (χ3n) is 15.0. The first-order valence-corrected chi connectivity index (χ1v) is 23.7. The van der Waals surface area contributed by atoms with Crippen molar-refractivity contribution in [3.05, 3.63) is 293 Å². The molecule has 0 amide bonds. The molecule has 2 nitrogen and oxygen atoms in total. The number of aromatic nitrogens is 2. The standard InChI is InChI=1S/C66H46N2/c1-3-18-51-43(2)65(55-26-13-10-23-52(51)55)58-29-16-17-30-59(58)66(56-27-14-11-24-53(56)54-25-12-15-28-57(54)66)61-41-50(39-40-60(61)65)46-31-35-48(36-32-46)63-42-62(47-21-8-5-9-22-47)67-64(68-63)49-37-33-45(34-38-49)44-19-6-4-7-20-44/h3-42H,1-2H3/b18-3-. The Bertz CT molecular complexity index is 3630. The second-order valence-electron chi connectivity index (χ2n) is 18.3. The van der Waals surface area contributed by atoms with E-state index in [9.17, 15) is 0 Å². The topological polar surface area (TPSA) is 25.8 Å². The lowest BCUT2D eigenvalue weighted by Crippen LogP contribution is -2.44. The van der Waals surface area contributed by atoms with Crippen LogP contribution in [0.5, 0.6) is 0 Å². The first kappa shape index (κ1) is 39.9. The van der Waals surface area contributed by atoms with Crippen molar-refractivity contribution in [3.63, 3.8) is 0 Å². The van der Waals surface area contributed by atoms with Gasteiger partial charge in [-0.2, -0.15) is 0 Å². The molecule has 13 rings (SSSR count). The minimum absolute atomic E-state index is 0.486. The van der Waals surface area contributed by atoms with Crippen LogP contribution in [-0.2, 0) is 10.8 Å². The third kappa shape index (κ3) is 5.71. The Morgan fingerprint density at radius 2 is 0.721 bits per heavy atom. The number of fused-ring (bicyclic) bond motifs is 13. The maximum Gasteiger partial charge on any atom is 0.160 e. The van der Waals surface area contributed by atoms with Crippen molar-refractivity contribution < 1.29 is 0 Å². The van der Waals surface area contributed by atoms with Gasteiger partial charge >= 0.3 is 0 Å². The van der Waals surface area contributed by atoms with E-state index in [1.165, 1.54) is 77.9 Å². The van der Waals surface area contributed by atoms with Crippen molar-refractivity contribution in [1.29, 1.82) is 0 Å². The molecule has 0 saturated carbocycles. The maximum absolute atomic E-state index is 5.24. The Morgan fingerprint density at radius 1 is 0.324 bits per heavy atom. The summed E-state index contributed by atoms with van der Waals surface area (Å²) in [5, 5.41) is 0. The zero-order valence-corrected chi connectivity index (χ0v) is 38.0. The highest BCUT2D eigenvalue weighted by Crippen LogP contribution is 2.67. The summed E-state index contributed by atoms with van der Waals surface area (Å²) < 4.78 is 0. The molecule has 0 N–H and O–H groups in total. The van der Waals surface area contributed by atoms with E-state index in [4.69, 9.17) is 9.97 Å². The molecule has 0 aliphatic heterocycles. The molecule has 0 saturated heterocycles. The molecule has 0 bridgehead atoms. The summed E-state index contributed by atoms with van der Waals surface area (Å²) in [4.78, 5) is 10.4. The Kier molecular flexibility index (Phi) is 9.13. The molecule has 2 spiro atoms. The van der Waals surface area contributed by atoms with Crippen LogP contribution < -0.4 is 0 Å². The largest absolute Gasteiger partial charge is 0.228 e. The Balaban J connectivity index is 0.994. The zero-order valence-electron chi connectivity index (χ0n) is 38.0. The molecule has 1 unspecified atom stereocenters. The highest BCUT2D eigenvalue weighted by Gasteiger charge is 2.58. The normalized spacial score (nSPS) is 15.9. The summed E-state index contributed by atoms with van der Waals surface area (Å²) in [6.07, 6.45) is 4.51. The first-order valence-electron chi connectivity index (χ1n) is 23.7. The Morgan fingerprint density at radius 3 is 1.31 bits per heavy atom. The van der Waals surface area contributed by atoms with Gasteiger partial charge in [-0.25, -0.2) is 9.97 Å². The molecule has 9 aromatic carbocycles. The van der Waals surface area contributed by atoms with Crippen LogP contribution in [0.4, 0.5) is 0 Å². The minimum Gasteiger partial charge on any atom is -0.228 e. The average molecular weight is 867 g/mol. The van der Waals surface area contributed by atoms with E-state index in [-0.39, 0.29) is 0 Å². The summed E-state index contributed by atoms with van der Waals surface area (Å²) >= 11 is 0. The lowest BCUT2D eigenvalue weighted by molar-refractivity contribution is 0.623. The molecule has 3 aliphatic carbocycles. The summed E-state index contributed by atoms with van der Waals surface area (Å²) in [7, 11) is 0. The van der Waals surface area contributed by atoms with Crippen LogP contribution in [0, 0.1) is 0 Å². The van der Waals surface area contributed by atoms with E-state index < -0.39 is 10.8 Å². The minimum atomic E-state index is -0.538. The van der Waals surface area contributed by atoms with Crippen molar-refractivity contribution in [2.24, 2.45) is 0 Å². The number of hydrogen-bond acceptors (Lipinski definition) is 2. The molecule has 2 heteroatoms. The van der Waals surface area contributed by atoms with Crippen molar-refractivity contribution in [2.75, 3.05) is 0 Å². The van der Waals surface area contributed by atoms with E-state index in [0.29, 0.717) is 5.82 Å². The number of rotatable bonds is 6. The lowest BCUT2D eigenvalue weighted by atomic mass is 9.52. The lowest BCUT2D eigenvalue weighted by Gasteiger charge is -2.49. The van der Waals surface area contributed by atoms with Gasteiger partial charge in [-0.1, -0.05) is 231 Å². The van der Waals surface area contributed by atoms with Crippen molar-refractivity contribution in [3.8, 4) is 67.3 Å². The maximum atomic E-state index is 5.24. The molecule has 3 aliphatic rings. The van der Waals surface area contributed by atoms with Crippen LogP contribution in [0.3, 0.4) is 0 Å². The molecule has 1 heterocycles. The molecular formula is C66H46N2. The third-order valence-corrected chi connectivity index (χ3v) is 15.0. The van der Waals surface area contributed by atoms with Gasteiger partial charge in [0.05, 0.1) is 22.2 Å². The van der Waals surface area contributed by atoms with Gasteiger partial charge in [0.2, 0.25) is 0 Å². The van der Waals surface area contributed by atoms with E-state index in [1.54, 1.807) is 0 Å². The van der Waals surface area contributed by atoms with Crippen molar-refractivity contribution in [1.82, 2.24) is 9.97 Å². The van der Waals surface area contributed by atoms with Gasteiger partial charge in [-0.15, -0.1) is 0 Å². The Labute approximate surface area is 398 Å².